The van der Waals surface area contributed by atoms with Gasteiger partial charge in [-0.25, -0.2) is 4.98 Å². The van der Waals surface area contributed by atoms with Crippen LogP contribution in [0.15, 0.2) is 30.6 Å². The summed E-state index contributed by atoms with van der Waals surface area (Å²) in [4.78, 5) is 9.38. The molecule has 4 aromatic rings. The van der Waals surface area contributed by atoms with Crippen molar-refractivity contribution in [3.05, 3.63) is 30.6 Å². The van der Waals surface area contributed by atoms with E-state index in [2.05, 4.69) is 33.2 Å². The molecule has 1 fully saturated rings. The van der Waals surface area contributed by atoms with Crippen LogP contribution in [0.25, 0.3) is 28.1 Å². The average molecular weight is 407 g/mol. The number of aromatic nitrogens is 7. The van der Waals surface area contributed by atoms with Crippen LogP contribution in [-0.4, -0.2) is 74.6 Å². The standard InChI is InChI=1S/C20H25N9O/c1-13-12-30-10-9-28(13)17-11-14(15-5-8-22-27(15)4)18-19(23-17)29(16-6-7-21-24-16)25-20(18)26(2)3/h5-8,11,13H,9-10,12H2,1-4H3,(H,21,24). The van der Waals surface area contributed by atoms with Gasteiger partial charge in [-0.15, -0.1) is 5.10 Å². The summed E-state index contributed by atoms with van der Waals surface area (Å²) in [5.74, 6) is 2.51. The molecule has 0 aliphatic carbocycles. The number of nitrogens with one attached hydrogen (secondary N) is 1. The highest BCUT2D eigenvalue weighted by Gasteiger charge is 2.26. The Kier molecular flexibility index (Phi) is 4.43. The molecule has 10 heteroatoms. The summed E-state index contributed by atoms with van der Waals surface area (Å²) in [5, 5.41) is 17.4. The van der Waals surface area contributed by atoms with E-state index in [1.54, 1.807) is 6.20 Å². The molecule has 1 aliphatic heterocycles. The van der Waals surface area contributed by atoms with E-state index < -0.39 is 0 Å². The van der Waals surface area contributed by atoms with E-state index in [4.69, 9.17) is 14.8 Å². The van der Waals surface area contributed by atoms with Gasteiger partial charge in [-0.3, -0.25) is 9.78 Å². The van der Waals surface area contributed by atoms with Crippen LogP contribution in [0.1, 0.15) is 6.92 Å². The number of fused-ring (bicyclic) bond motifs is 1. The molecule has 30 heavy (non-hydrogen) atoms. The van der Waals surface area contributed by atoms with Crippen molar-refractivity contribution in [2.45, 2.75) is 13.0 Å². The molecular formula is C20H25N9O. The maximum atomic E-state index is 5.64. The predicted octanol–water partition coefficient (Wildman–Crippen LogP) is 1.84. The fourth-order valence-corrected chi connectivity index (χ4v) is 3.99. The summed E-state index contributed by atoms with van der Waals surface area (Å²) >= 11 is 0. The van der Waals surface area contributed by atoms with Gasteiger partial charge in [0.2, 0.25) is 0 Å². The van der Waals surface area contributed by atoms with Crippen LogP contribution in [0, 0.1) is 0 Å². The normalized spacial score (nSPS) is 17.1. The molecule has 0 amide bonds. The molecule has 5 rings (SSSR count). The second-order valence-electron chi connectivity index (χ2n) is 7.76. The maximum absolute atomic E-state index is 5.64. The van der Waals surface area contributed by atoms with Crippen LogP contribution in [0.2, 0.25) is 0 Å². The lowest BCUT2D eigenvalue weighted by atomic mass is 10.1. The van der Waals surface area contributed by atoms with Gasteiger partial charge in [0.05, 0.1) is 36.5 Å². The first-order valence-corrected chi connectivity index (χ1v) is 9.98. The van der Waals surface area contributed by atoms with E-state index in [0.29, 0.717) is 13.2 Å². The first kappa shape index (κ1) is 18.6. The number of anilines is 2. The molecule has 4 aromatic heterocycles. The van der Waals surface area contributed by atoms with Crippen LogP contribution in [0.5, 0.6) is 0 Å². The van der Waals surface area contributed by atoms with Gasteiger partial charge in [0.25, 0.3) is 0 Å². The van der Waals surface area contributed by atoms with E-state index in [1.807, 2.05) is 53.7 Å². The third kappa shape index (κ3) is 2.91. The SMILES string of the molecule is CC1COCCN1c1cc(-c2ccnn2C)c2c(N(C)C)nn(-c3ccn[nH]3)c2n1. The Bertz CT molecular complexity index is 1170. The minimum absolute atomic E-state index is 0.236. The van der Waals surface area contributed by atoms with Crippen molar-refractivity contribution in [3.8, 4) is 17.1 Å². The topological polar surface area (TPSA) is 92.9 Å². The molecule has 10 nitrogen and oxygen atoms in total. The monoisotopic (exact) mass is 407 g/mol. The van der Waals surface area contributed by atoms with Crippen LogP contribution < -0.4 is 9.80 Å². The summed E-state index contributed by atoms with van der Waals surface area (Å²) in [6.45, 7) is 4.33. The van der Waals surface area contributed by atoms with E-state index in [0.717, 1.165) is 46.3 Å². The van der Waals surface area contributed by atoms with Crippen LogP contribution in [0.4, 0.5) is 11.6 Å². The van der Waals surface area contributed by atoms with Crippen molar-refractivity contribution >= 4 is 22.7 Å². The Hall–Kier alpha value is -3.40. The number of morpholine rings is 1. The van der Waals surface area contributed by atoms with E-state index >= 15 is 0 Å². The Labute approximate surface area is 174 Å². The first-order valence-electron chi connectivity index (χ1n) is 9.98. The average Bonchev–Trinajstić information content (AvgIpc) is 3.47. The summed E-state index contributed by atoms with van der Waals surface area (Å²) in [6.07, 6.45) is 3.53. The molecule has 0 saturated carbocycles. The molecule has 0 aromatic carbocycles. The molecule has 5 heterocycles. The minimum Gasteiger partial charge on any atom is -0.377 e. The van der Waals surface area contributed by atoms with Crippen molar-refractivity contribution in [1.82, 2.24) is 34.7 Å². The maximum Gasteiger partial charge on any atom is 0.169 e. The molecule has 0 bridgehead atoms. The highest BCUT2D eigenvalue weighted by molar-refractivity contribution is 6.02. The number of aryl methyl sites for hydroxylation is 1. The Morgan fingerprint density at radius 3 is 2.77 bits per heavy atom. The van der Waals surface area contributed by atoms with Crippen molar-refractivity contribution in [1.29, 1.82) is 0 Å². The van der Waals surface area contributed by atoms with Crippen molar-refractivity contribution in [3.63, 3.8) is 0 Å². The molecule has 1 unspecified atom stereocenters. The zero-order valence-corrected chi connectivity index (χ0v) is 17.6. The van der Waals surface area contributed by atoms with Crippen LogP contribution in [0.3, 0.4) is 0 Å². The van der Waals surface area contributed by atoms with Gasteiger partial charge in [-0.1, -0.05) is 0 Å². The number of aromatic amines is 1. The van der Waals surface area contributed by atoms with Crippen molar-refractivity contribution in [2.75, 3.05) is 43.7 Å². The number of nitrogens with zero attached hydrogens (tertiary/aromatic N) is 8. The van der Waals surface area contributed by atoms with Gasteiger partial charge in [0.1, 0.15) is 5.82 Å². The fraction of sp³-hybridized carbons (Fsp3) is 0.400. The van der Waals surface area contributed by atoms with E-state index in [1.165, 1.54) is 0 Å². The van der Waals surface area contributed by atoms with Gasteiger partial charge >= 0.3 is 0 Å². The lowest BCUT2D eigenvalue weighted by Crippen LogP contribution is -2.44. The van der Waals surface area contributed by atoms with E-state index in [9.17, 15) is 0 Å². The molecule has 0 spiro atoms. The summed E-state index contributed by atoms with van der Waals surface area (Å²) < 4.78 is 9.35. The largest absolute Gasteiger partial charge is 0.377 e. The van der Waals surface area contributed by atoms with Gasteiger partial charge in [0.15, 0.2) is 17.3 Å². The molecule has 1 saturated heterocycles. The molecule has 1 atom stereocenters. The quantitative estimate of drug-likeness (QED) is 0.552. The Morgan fingerprint density at radius 2 is 2.10 bits per heavy atom. The number of rotatable bonds is 4. The number of H-pyrrole nitrogens is 1. The molecule has 1 N–H and O–H groups in total. The third-order valence-corrected chi connectivity index (χ3v) is 5.50. The van der Waals surface area contributed by atoms with Gasteiger partial charge < -0.3 is 14.5 Å². The molecule has 1 aliphatic rings. The number of ether oxygens (including phenoxy) is 1. The predicted molar refractivity (Wildman–Crippen MR) is 115 cm³/mol. The third-order valence-electron chi connectivity index (χ3n) is 5.50. The number of hydrogen-bond acceptors (Lipinski definition) is 7. The molecule has 0 radical (unpaired) electrons. The van der Waals surface area contributed by atoms with Crippen molar-refractivity contribution in [2.24, 2.45) is 7.05 Å². The lowest BCUT2D eigenvalue weighted by molar-refractivity contribution is 0.0985. The van der Waals surface area contributed by atoms with Gasteiger partial charge in [0, 0.05) is 45.5 Å². The van der Waals surface area contributed by atoms with E-state index in [-0.39, 0.29) is 6.04 Å². The number of pyridine rings is 1. The second-order valence-corrected chi connectivity index (χ2v) is 7.76. The van der Waals surface area contributed by atoms with Crippen LogP contribution in [-0.2, 0) is 11.8 Å². The fourth-order valence-electron chi connectivity index (χ4n) is 3.99. The summed E-state index contributed by atoms with van der Waals surface area (Å²) in [7, 11) is 5.93. The molecule has 156 valence electrons. The first-order chi connectivity index (χ1) is 14.5. The Balaban J connectivity index is 1.84. The van der Waals surface area contributed by atoms with Gasteiger partial charge in [-0.05, 0) is 19.1 Å². The van der Waals surface area contributed by atoms with Crippen LogP contribution >= 0.6 is 0 Å². The smallest absolute Gasteiger partial charge is 0.169 e. The number of hydrogen-bond donors (Lipinski definition) is 1. The van der Waals surface area contributed by atoms with Crippen molar-refractivity contribution < 1.29 is 4.74 Å². The second kappa shape index (κ2) is 7.13. The highest BCUT2D eigenvalue weighted by atomic mass is 16.5. The van der Waals surface area contributed by atoms with Gasteiger partial charge in [-0.2, -0.15) is 14.9 Å². The highest BCUT2D eigenvalue weighted by Crippen LogP contribution is 2.37. The molecular weight excluding hydrogens is 382 g/mol. The zero-order valence-electron chi connectivity index (χ0n) is 17.6. The Morgan fingerprint density at radius 1 is 1.23 bits per heavy atom. The zero-order chi connectivity index (χ0) is 20.8. The summed E-state index contributed by atoms with van der Waals surface area (Å²) in [6, 6.07) is 6.29. The lowest BCUT2D eigenvalue weighted by Gasteiger charge is -2.34. The minimum atomic E-state index is 0.236. The summed E-state index contributed by atoms with van der Waals surface area (Å²) in [5.41, 5.74) is 2.83.